The highest BCUT2D eigenvalue weighted by Crippen LogP contribution is 2.44. The molecule has 0 radical (unpaired) electrons. The molecule has 0 bridgehead atoms. The molecule has 3 rings (SSSR count). The number of anilines is 2. The molecule has 2 aromatic rings. The molecular weight excluding hydrogens is 401 g/mol. The van der Waals surface area contributed by atoms with E-state index in [2.05, 4.69) is 14.9 Å². The molecule has 0 atom stereocenters. The molecule has 1 aromatic heterocycles. The average molecular weight is 418 g/mol. The Hall–Kier alpha value is -1.12. The van der Waals surface area contributed by atoms with Crippen LogP contribution in [0.4, 0.5) is 16.2 Å². The second kappa shape index (κ2) is 8.05. The van der Waals surface area contributed by atoms with E-state index >= 15 is 0 Å². The number of carbonyl (C=O) groups is 1. The van der Waals surface area contributed by atoms with E-state index in [1.165, 1.54) is 42.5 Å². The molecule has 1 fully saturated rings. The van der Waals surface area contributed by atoms with Crippen molar-refractivity contribution >= 4 is 63.9 Å². The number of carbonyl (C=O) groups excluding carboxylic acids is 1. The van der Waals surface area contributed by atoms with Crippen LogP contribution in [-0.2, 0) is 0 Å². The number of aromatic hydroxyl groups is 1. The highest BCUT2D eigenvalue weighted by Gasteiger charge is 2.25. The molecule has 25 heavy (non-hydrogen) atoms. The highest BCUT2D eigenvalue weighted by atomic mass is 35.5. The normalized spacial score (nSPS) is 14.4. The van der Waals surface area contributed by atoms with Crippen molar-refractivity contribution in [2.75, 3.05) is 17.7 Å². The highest BCUT2D eigenvalue weighted by molar-refractivity contribution is 7.99. The van der Waals surface area contributed by atoms with E-state index in [0.29, 0.717) is 22.4 Å². The van der Waals surface area contributed by atoms with Crippen LogP contribution in [-0.4, -0.2) is 28.5 Å². The third-order valence-corrected chi connectivity index (χ3v) is 7.03. The lowest BCUT2D eigenvalue weighted by molar-refractivity contribution is 0.262. The van der Waals surface area contributed by atoms with E-state index in [4.69, 9.17) is 23.2 Å². The molecule has 1 aromatic carbocycles. The van der Waals surface area contributed by atoms with Gasteiger partial charge in [0.2, 0.25) is 0 Å². The molecule has 1 aliphatic carbocycles. The zero-order chi connectivity index (χ0) is 18.0. The number of thiophene rings is 1. The van der Waals surface area contributed by atoms with Gasteiger partial charge in [-0.15, -0.1) is 11.3 Å². The standard InChI is InChI=1S/C16H17Cl2N3O2S2/c1-21(9-4-2-5-9)25-15-14(22)12(8-24-15)20-16(23)19-11-7-3-6-10(17)13(11)18/h3,6-9,22H,2,4-5H2,1H3,(H2,19,20,23). The van der Waals surface area contributed by atoms with Gasteiger partial charge in [-0.3, -0.25) is 0 Å². The van der Waals surface area contributed by atoms with E-state index < -0.39 is 6.03 Å². The third-order valence-electron chi connectivity index (χ3n) is 4.00. The molecule has 1 heterocycles. The summed E-state index contributed by atoms with van der Waals surface area (Å²) in [6.45, 7) is 0. The minimum Gasteiger partial charge on any atom is -0.504 e. The number of benzene rings is 1. The van der Waals surface area contributed by atoms with Crippen molar-refractivity contribution in [1.82, 2.24) is 4.31 Å². The van der Waals surface area contributed by atoms with Crippen LogP contribution in [0.1, 0.15) is 19.3 Å². The van der Waals surface area contributed by atoms with Crippen molar-refractivity contribution in [2.45, 2.75) is 29.5 Å². The molecule has 5 nitrogen and oxygen atoms in total. The first-order chi connectivity index (χ1) is 12.0. The molecule has 1 aliphatic rings. The Morgan fingerprint density at radius 2 is 2.04 bits per heavy atom. The van der Waals surface area contributed by atoms with Gasteiger partial charge in [-0.25, -0.2) is 9.10 Å². The maximum atomic E-state index is 12.1. The molecule has 9 heteroatoms. The Labute approximate surface area is 164 Å². The monoisotopic (exact) mass is 417 g/mol. The first-order valence-electron chi connectivity index (χ1n) is 7.69. The second-order valence-corrected chi connectivity index (χ2v) is 8.78. The molecule has 3 N–H and O–H groups in total. The summed E-state index contributed by atoms with van der Waals surface area (Å²) < 4.78 is 2.91. The number of amides is 2. The van der Waals surface area contributed by atoms with Crippen LogP contribution in [0.3, 0.4) is 0 Å². The largest absolute Gasteiger partial charge is 0.504 e. The van der Waals surface area contributed by atoms with Crippen LogP contribution in [0.25, 0.3) is 0 Å². The number of halogens is 2. The molecular formula is C16H17Cl2N3O2S2. The van der Waals surface area contributed by atoms with Gasteiger partial charge in [-0.05, 0) is 44.0 Å². The maximum Gasteiger partial charge on any atom is 0.323 e. The summed E-state index contributed by atoms with van der Waals surface area (Å²) >= 11 is 14.9. The van der Waals surface area contributed by atoms with Gasteiger partial charge in [0.1, 0.15) is 4.21 Å². The molecule has 0 unspecified atom stereocenters. The molecule has 0 saturated heterocycles. The Bertz CT molecular complexity index is 781. The number of nitrogens with one attached hydrogen (secondary N) is 2. The van der Waals surface area contributed by atoms with Crippen molar-refractivity contribution in [3.8, 4) is 5.75 Å². The molecule has 0 spiro atoms. The lowest BCUT2D eigenvalue weighted by atomic mass is 9.94. The Balaban J connectivity index is 1.62. The van der Waals surface area contributed by atoms with Crippen molar-refractivity contribution < 1.29 is 9.90 Å². The quantitative estimate of drug-likeness (QED) is 0.530. The van der Waals surface area contributed by atoms with Crippen molar-refractivity contribution in [1.29, 1.82) is 0 Å². The predicted octanol–water partition coefficient (Wildman–Crippen LogP) is 5.90. The van der Waals surface area contributed by atoms with Crippen molar-refractivity contribution in [2.24, 2.45) is 0 Å². The third kappa shape index (κ3) is 4.35. The SMILES string of the molecule is CN(Sc1scc(NC(=O)Nc2cccc(Cl)c2Cl)c1O)C1CCC1. The van der Waals surface area contributed by atoms with Crippen LogP contribution < -0.4 is 10.6 Å². The van der Waals surface area contributed by atoms with E-state index in [9.17, 15) is 9.90 Å². The summed E-state index contributed by atoms with van der Waals surface area (Å²) in [6, 6.07) is 5.03. The number of hydrogen-bond acceptors (Lipinski definition) is 5. The van der Waals surface area contributed by atoms with Gasteiger partial charge in [0.15, 0.2) is 5.75 Å². The van der Waals surface area contributed by atoms with Gasteiger partial charge in [-0.1, -0.05) is 35.7 Å². The topological polar surface area (TPSA) is 64.6 Å². The maximum absolute atomic E-state index is 12.1. The fourth-order valence-electron chi connectivity index (χ4n) is 2.32. The Kier molecular flexibility index (Phi) is 6.01. The van der Waals surface area contributed by atoms with Gasteiger partial charge < -0.3 is 15.7 Å². The number of nitrogens with zero attached hydrogens (tertiary/aromatic N) is 1. The minimum atomic E-state index is -0.499. The summed E-state index contributed by atoms with van der Waals surface area (Å²) in [5.41, 5.74) is 0.769. The summed E-state index contributed by atoms with van der Waals surface area (Å²) in [7, 11) is 2.02. The predicted molar refractivity (Wildman–Crippen MR) is 106 cm³/mol. The van der Waals surface area contributed by atoms with Crippen LogP contribution >= 0.6 is 46.5 Å². The zero-order valence-electron chi connectivity index (χ0n) is 13.4. The summed E-state index contributed by atoms with van der Waals surface area (Å²) in [6.07, 6.45) is 3.62. The average Bonchev–Trinajstić information content (AvgIpc) is 2.83. The smallest absolute Gasteiger partial charge is 0.323 e. The Morgan fingerprint density at radius 1 is 1.32 bits per heavy atom. The van der Waals surface area contributed by atoms with Gasteiger partial charge in [-0.2, -0.15) is 0 Å². The van der Waals surface area contributed by atoms with Crippen LogP contribution in [0.5, 0.6) is 5.75 Å². The lowest BCUT2D eigenvalue weighted by Crippen LogP contribution is -2.31. The molecule has 2 amide bonds. The summed E-state index contributed by atoms with van der Waals surface area (Å²) in [5.74, 6) is 0.0773. The Morgan fingerprint density at radius 3 is 2.72 bits per heavy atom. The minimum absolute atomic E-state index is 0.0773. The van der Waals surface area contributed by atoms with E-state index in [1.54, 1.807) is 23.6 Å². The van der Waals surface area contributed by atoms with Gasteiger partial charge in [0.25, 0.3) is 0 Å². The number of urea groups is 1. The van der Waals surface area contributed by atoms with E-state index in [-0.39, 0.29) is 10.8 Å². The zero-order valence-corrected chi connectivity index (χ0v) is 16.5. The fourth-order valence-corrected chi connectivity index (χ4v) is 4.77. The van der Waals surface area contributed by atoms with Crippen LogP contribution in [0.15, 0.2) is 27.8 Å². The summed E-state index contributed by atoms with van der Waals surface area (Å²) in [5, 5.41) is 17.9. The first-order valence-corrected chi connectivity index (χ1v) is 10.1. The van der Waals surface area contributed by atoms with Crippen LogP contribution in [0.2, 0.25) is 10.0 Å². The number of hydrogen-bond donors (Lipinski definition) is 3. The molecule has 0 aliphatic heterocycles. The first kappa shape index (κ1) is 18.7. The number of rotatable bonds is 5. The van der Waals surface area contributed by atoms with E-state index in [1.807, 2.05) is 7.05 Å². The van der Waals surface area contributed by atoms with E-state index in [0.717, 1.165) is 4.21 Å². The van der Waals surface area contributed by atoms with Crippen LogP contribution in [0, 0.1) is 0 Å². The molecule has 134 valence electrons. The molecule has 1 saturated carbocycles. The second-order valence-electron chi connectivity index (χ2n) is 5.69. The fraction of sp³-hybridized carbons (Fsp3) is 0.312. The van der Waals surface area contributed by atoms with Gasteiger partial charge >= 0.3 is 6.03 Å². The van der Waals surface area contributed by atoms with Crippen molar-refractivity contribution in [3.05, 3.63) is 33.6 Å². The van der Waals surface area contributed by atoms with Gasteiger partial charge in [0, 0.05) is 11.4 Å². The summed E-state index contributed by atoms with van der Waals surface area (Å²) in [4.78, 5) is 12.1. The van der Waals surface area contributed by atoms with Crippen molar-refractivity contribution in [3.63, 3.8) is 0 Å². The van der Waals surface area contributed by atoms with Gasteiger partial charge in [0.05, 0.1) is 21.4 Å². The lowest BCUT2D eigenvalue weighted by Gasteiger charge is -2.33.